The second kappa shape index (κ2) is 22.1. The van der Waals surface area contributed by atoms with Crippen LogP contribution in [0, 0.1) is 21.4 Å². The highest BCUT2D eigenvalue weighted by Gasteiger charge is 2.25. The van der Waals surface area contributed by atoms with Crippen molar-refractivity contribution >= 4 is 159 Å². The van der Waals surface area contributed by atoms with Gasteiger partial charge in [0.15, 0.2) is 12.2 Å². The number of carbonyl (C=O) groups is 4. The molecule has 10 nitrogen and oxygen atoms in total. The third-order valence-corrected chi connectivity index (χ3v) is 14.3. The van der Waals surface area contributed by atoms with Crippen LogP contribution in [0.3, 0.4) is 0 Å². The molecular weight excluding hydrogens is 1370 g/mol. The van der Waals surface area contributed by atoms with E-state index in [2.05, 4.69) is 149 Å². The lowest BCUT2D eigenvalue weighted by molar-refractivity contribution is -0.143. The molecule has 0 amide bonds. The molecule has 0 saturated carbocycles. The Morgan fingerprint density at radius 3 is 1.47 bits per heavy atom. The maximum absolute atomic E-state index is 13.4. The van der Waals surface area contributed by atoms with Crippen LogP contribution in [-0.2, 0) is 28.5 Å². The number of hydrogen-bond donors (Lipinski definition) is 0. The van der Waals surface area contributed by atoms with Crippen LogP contribution in [0.15, 0.2) is 66.8 Å². The average molecular weight is 1400 g/mol. The number of rotatable bonds is 17. The minimum absolute atomic E-state index is 0.0329. The predicted molar refractivity (Wildman–Crippen MR) is 251 cm³/mol. The van der Waals surface area contributed by atoms with Crippen molar-refractivity contribution in [2.45, 2.75) is 45.8 Å². The van der Waals surface area contributed by atoms with E-state index in [9.17, 15) is 19.2 Å². The second-order valence-corrected chi connectivity index (χ2v) is 18.8. The molecule has 3 aromatic carbocycles. The van der Waals surface area contributed by atoms with Crippen LogP contribution in [0.1, 0.15) is 59.9 Å². The molecule has 0 saturated heterocycles. The Balaban J connectivity index is 1.84. The van der Waals surface area contributed by atoms with E-state index < -0.39 is 36.1 Å². The van der Waals surface area contributed by atoms with Crippen molar-refractivity contribution in [1.29, 1.82) is 0 Å². The van der Waals surface area contributed by atoms with Crippen LogP contribution in [0.2, 0.25) is 0 Å². The van der Waals surface area contributed by atoms with Gasteiger partial charge in [0.05, 0.1) is 11.1 Å². The number of halogens is 6. The van der Waals surface area contributed by atoms with Gasteiger partial charge in [0.1, 0.15) is 37.9 Å². The zero-order valence-corrected chi connectivity index (χ0v) is 41.8. The summed E-state index contributed by atoms with van der Waals surface area (Å²) in [6.07, 6.45) is -1.94. The lowest BCUT2D eigenvalue weighted by Gasteiger charge is -2.22. The minimum atomic E-state index is -0.972. The number of ether oxygens (including phenoxy) is 6. The summed E-state index contributed by atoms with van der Waals surface area (Å²) in [5, 5.41) is 0. The van der Waals surface area contributed by atoms with Crippen LogP contribution in [0.4, 0.5) is 0 Å². The summed E-state index contributed by atoms with van der Waals surface area (Å²) in [4.78, 5) is 51.1. The summed E-state index contributed by atoms with van der Waals surface area (Å²) in [5.74, 6) is -1.59. The summed E-state index contributed by atoms with van der Waals surface area (Å²) < 4.78 is 39.6. The molecule has 3 aromatic rings. The summed E-state index contributed by atoms with van der Waals surface area (Å²) in [6.45, 7) is 13.4. The van der Waals surface area contributed by atoms with Gasteiger partial charge in [-0.25, -0.2) is 19.2 Å². The summed E-state index contributed by atoms with van der Waals surface area (Å²) in [6, 6.07) is 12.6. The van der Waals surface area contributed by atoms with Crippen molar-refractivity contribution in [1.82, 2.24) is 0 Å². The van der Waals surface area contributed by atoms with Gasteiger partial charge in [-0.1, -0.05) is 33.1 Å². The quantitative estimate of drug-likeness (QED) is 0.0425. The fraction of sp³-hybridized carbons (Fsp3) is 0.297. The Kier molecular flexibility index (Phi) is 19.3. The first-order valence-corrected chi connectivity index (χ1v) is 22.1. The fourth-order valence-corrected chi connectivity index (χ4v) is 8.99. The van der Waals surface area contributed by atoms with E-state index in [-0.39, 0.29) is 43.5 Å². The van der Waals surface area contributed by atoms with Crippen LogP contribution >= 0.6 is 136 Å². The summed E-state index contributed by atoms with van der Waals surface area (Å²) in [5.41, 5.74) is 2.00. The van der Waals surface area contributed by atoms with Crippen molar-refractivity contribution in [3.63, 3.8) is 0 Å². The number of benzene rings is 3. The smallest absolute Gasteiger partial charge is 0.339 e. The van der Waals surface area contributed by atoms with Gasteiger partial charge in [-0.15, -0.1) is 0 Å². The maximum atomic E-state index is 13.4. The molecule has 0 spiro atoms. The molecule has 53 heavy (non-hydrogen) atoms. The van der Waals surface area contributed by atoms with Gasteiger partial charge in [0.25, 0.3) is 0 Å². The van der Waals surface area contributed by atoms with Gasteiger partial charge in [-0.05, 0) is 191 Å². The number of esters is 4. The van der Waals surface area contributed by atoms with E-state index in [1.54, 1.807) is 24.3 Å². The van der Waals surface area contributed by atoms with E-state index in [4.69, 9.17) is 28.4 Å². The highest BCUT2D eigenvalue weighted by molar-refractivity contribution is 14.1. The average Bonchev–Trinajstić information content (AvgIpc) is 3.09. The normalized spacial score (nSPS) is 12.0. The first kappa shape index (κ1) is 46.4. The van der Waals surface area contributed by atoms with Gasteiger partial charge in [0, 0.05) is 38.6 Å². The molecule has 0 aliphatic carbocycles. The van der Waals surface area contributed by atoms with Gasteiger partial charge >= 0.3 is 23.9 Å². The molecule has 0 fully saturated rings. The van der Waals surface area contributed by atoms with Crippen LogP contribution in [0.5, 0.6) is 11.5 Å². The molecule has 0 heterocycles. The molecule has 0 N–H and O–H groups in total. The maximum Gasteiger partial charge on any atom is 0.339 e. The van der Waals surface area contributed by atoms with Crippen LogP contribution < -0.4 is 9.47 Å². The second-order valence-electron chi connectivity index (χ2n) is 11.8. The minimum Gasteiger partial charge on any atom is -0.489 e. The van der Waals surface area contributed by atoms with Crippen molar-refractivity contribution in [2.24, 2.45) is 0 Å². The molecule has 0 aliphatic heterocycles. The molecule has 2 atom stereocenters. The van der Waals surface area contributed by atoms with Gasteiger partial charge in [-0.3, -0.25) is 0 Å². The first-order chi connectivity index (χ1) is 24.9. The highest BCUT2D eigenvalue weighted by Crippen LogP contribution is 2.32. The third-order valence-electron chi connectivity index (χ3n) is 6.94. The Labute approximate surface area is 390 Å². The molecule has 0 bridgehead atoms. The van der Waals surface area contributed by atoms with Crippen LogP contribution in [-0.4, -0.2) is 62.5 Å². The lowest BCUT2D eigenvalue weighted by Crippen LogP contribution is -2.32. The monoisotopic (exact) mass is 1400 g/mol. The van der Waals surface area contributed by atoms with Crippen LogP contribution in [0.25, 0.3) is 0 Å². The summed E-state index contributed by atoms with van der Waals surface area (Å²) in [7, 11) is 0. The largest absolute Gasteiger partial charge is 0.489 e. The van der Waals surface area contributed by atoms with E-state index in [1.807, 2.05) is 32.0 Å². The molecule has 0 aromatic heterocycles. The molecular formula is C37H34I6O10. The first-order valence-electron chi connectivity index (χ1n) is 15.6. The van der Waals surface area contributed by atoms with Gasteiger partial charge < -0.3 is 28.4 Å². The van der Waals surface area contributed by atoms with Crippen molar-refractivity contribution in [3.05, 3.63) is 105 Å². The van der Waals surface area contributed by atoms with Gasteiger partial charge in [-0.2, -0.15) is 0 Å². The van der Waals surface area contributed by atoms with E-state index in [1.165, 1.54) is 13.8 Å². The SMILES string of the molecule is C=C(C)C(=O)OCC(COc1ccc(C(C)C)c(OCC(COC(=O)C(=C)C)OC(=O)c2cc(I)cc(I)c2I)c1)OC(=O)c1cc(I)cc(I)c1I. The zero-order chi connectivity index (χ0) is 39.6. The number of carbonyl (C=O) groups excluding carboxylic acids is 4. The molecule has 2 unspecified atom stereocenters. The van der Waals surface area contributed by atoms with E-state index >= 15 is 0 Å². The molecule has 16 heteroatoms. The highest BCUT2D eigenvalue weighted by atomic mass is 127. The van der Waals surface area contributed by atoms with Gasteiger partial charge in [0.2, 0.25) is 0 Å². The Morgan fingerprint density at radius 2 is 1.06 bits per heavy atom. The Hall–Kier alpha value is -1.000. The standard InChI is InChI=1S/C37H34I6O10/c1-18(2)26-8-7-23(48-14-24(16-50-34(44)19(3)4)52-36(46)27-9-21(38)11-29(40)32(27)42)13-31(26)49-15-25(17-51-35(45)20(5)6)53-37(47)28-10-22(39)12-30(41)33(28)43/h7-13,18,24-25H,3,5,14-17H2,1-2,4,6H3. The fourth-order valence-electron chi connectivity index (χ4n) is 4.23. The molecule has 3 rings (SSSR count). The molecule has 284 valence electrons. The summed E-state index contributed by atoms with van der Waals surface area (Å²) >= 11 is 12.8. The Morgan fingerprint density at radius 1 is 0.623 bits per heavy atom. The van der Waals surface area contributed by atoms with Crippen molar-refractivity contribution < 1.29 is 47.6 Å². The molecule has 0 aliphatic rings. The van der Waals surface area contributed by atoms with Crippen molar-refractivity contribution in [3.8, 4) is 11.5 Å². The van der Waals surface area contributed by atoms with Crippen molar-refractivity contribution in [2.75, 3.05) is 26.4 Å². The molecule has 0 radical (unpaired) electrons. The van der Waals surface area contributed by atoms with E-state index in [0.29, 0.717) is 22.6 Å². The van der Waals surface area contributed by atoms with E-state index in [0.717, 1.165) is 27.0 Å². The third kappa shape index (κ3) is 14.5. The topological polar surface area (TPSA) is 124 Å². The lowest BCUT2D eigenvalue weighted by atomic mass is 10.0. The Bertz CT molecular complexity index is 1890. The zero-order valence-electron chi connectivity index (χ0n) is 28.9. The number of hydrogen-bond acceptors (Lipinski definition) is 10. The predicted octanol–water partition coefficient (Wildman–Crippen LogP) is 9.88.